The van der Waals surface area contributed by atoms with Gasteiger partial charge in [-0.1, -0.05) is 12.1 Å². The standard InChI is InChI=1S/C18H18N4O5/c1-2-27-16-8-6-14(7-9-16)18(24)19-12-17(23)21-20-11-13-4-3-5-15(10-13)22(25)26/h3-11H,2,12H2,1H3,(H,19,24)(H,21,23)/b20-11-. The summed E-state index contributed by atoms with van der Waals surface area (Å²) in [6.45, 7) is 2.13. The van der Waals surface area contributed by atoms with Crippen molar-refractivity contribution >= 4 is 23.7 Å². The average molecular weight is 370 g/mol. The van der Waals surface area contributed by atoms with Crippen molar-refractivity contribution in [2.45, 2.75) is 6.92 Å². The minimum Gasteiger partial charge on any atom is -0.494 e. The molecule has 0 aliphatic rings. The van der Waals surface area contributed by atoms with Crippen molar-refractivity contribution in [1.29, 1.82) is 0 Å². The molecule has 9 nitrogen and oxygen atoms in total. The molecule has 140 valence electrons. The number of nitrogens with one attached hydrogen (secondary N) is 2. The third kappa shape index (κ3) is 6.24. The fraction of sp³-hybridized carbons (Fsp3) is 0.167. The monoisotopic (exact) mass is 370 g/mol. The molecular weight excluding hydrogens is 352 g/mol. The lowest BCUT2D eigenvalue weighted by atomic mass is 10.2. The van der Waals surface area contributed by atoms with E-state index in [4.69, 9.17) is 4.74 Å². The van der Waals surface area contributed by atoms with Crippen LogP contribution in [0.1, 0.15) is 22.8 Å². The molecule has 2 N–H and O–H groups in total. The van der Waals surface area contributed by atoms with Crippen LogP contribution < -0.4 is 15.5 Å². The van der Waals surface area contributed by atoms with Crippen LogP contribution in [0.3, 0.4) is 0 Å². The van der Waals surface area contributed by atoms with E-state index in [1.807, 2.05) is 6.92 Å². The van der Waals surface area contributed by atoms with Gasteiger partial charge in [0.15, 0.2) is 0 Å². The molecule has 0 heterocycles. The number of hydrazone groups is 1. The Morgan fingerprint density at radius 2 is 1.96 bits per heavy atom. The average Bonchev–Trinajstić information content (AvgIpc) is 2.67. The molecular formula is C18H18N4O5. The van der Waals surface area contributed by atoms with Gasteiger partial charge in [0.05, 0.1) is 24.3 Å². The van der Waals surface area contributed by atoms with E-state index in [0.717, 1.165) is 0 Å². The molecule has 0 saturated carbocycles. The quantitative estimate of drug-likeness (QED) is 0.417. The minimum atomic E-state index is -0.532. The zero-order chi connectivity index (χ0) is 19.6. The van der Waals surface area contributed by atoms with Crippen molar-refractivity contribution in [3.8, 4) is 5.75 Å². The largest absolute Gasteiger partial charge is 0.494 e. The second-order valence-electron chi connectivity index (χ2n) is 5.29. The summed E-state index contributed by atoms with van der Waals surface area (Å²) in [7, 11) is 0. The van der Waals surface area contributed by atoms with Crippen molar-refractivity contribution in [3.05, 3.63) is 69.8 Å². The zero-order valence-corrected chi connectivity index (χ0v) is 14.5. The van der Waals surface area contributed by atoms with E-state index in [9.17, 15) is 19.7 Å². The lowest BCUT2D eigenvalue weighted by molar-refractivity contribution is -0.384. The first-order valence-corrected chi connectivity index (χ1v) is 8.07. The summed E-state index contributed by atoms with van der Waals surface area (Å²) in [5.74, 6) is -0.283. The molecule has 0 unspecified atom stereocenters. The van der Waals surface area contributed by atoms with Crippen LogP contribution in [0.2, 0.25) is 0 Å². The van der Waals surface area contributed by atoms with Gasteiger partial charge in [0, 0.05) is 23.3 Å². The molecule has 0 fully saturated rings. The Hall–Kier alpha value is -3.75. The van der Waals surface area contributed by atoms with Gasteiger partial charge in [0.25, 0.3) is 17.5 Å². The number of benzene rings is 2. The maximum absolute atomic E-state index is 12.0. The van der Waals surface area contributed by atoms with E-state index < -0.39 is 16.7 Å². The summed E-state index contributed by atoms with van der Waals surface area (Å²) in [6, 6.07) is 12.3. The number of hydrogen-bond donors (Lipinski definition) is 2. The Balaban J connectivity index is 1.81. The third-order valence-electron chi connectivity index (χ3n) is 3.32. The number of non-ortho nitro benzene ring substituents is 1. The summed E-state index contributed by atoms with van der Waals surface area (Å²) < 4.78 is 5.29. The van der Waals surface area contributed by atoms with Crippen LogP contribution in [-0.2, 0) is 4.79 Å². The molecule has 27 heavy (non-hydrogen) atoms. The van der Waals surface area contributed by atoms with E-state index in [0.29, 0.717) is 23.5 Å². The minimum absolute atomic E-state index is 0.0760. The number of carbonyl (C=O) groups excluding carboxylic acids is 2. The Kier molecular flexibility index (Phi) is 7.00. The molecule has 0 bridgehead atoms. The van der Waals surface area contributed by atoms with Gasteiger partial charge < -0.3 is 10.1 Å². The lowest BCUT2D eigenvalue weighted by Crippen LogP contribution is -2.34. The fourth-order valence-electron chi connectivity index (χ4n) is 2.07. The first-order valence-electron chi connectivity index (χ1n) is 8.07. The van der Waals surface area contributed by atoms with E-state index in [2.05, 4.69) is 15.8 Å². The zero-order valence-electron chi connectivity index (χ0n) is 14.5. The highest BCUT2D eigenvalue weighted by atomic mass is 16.6. The van der Waals surface area contributed by atoms with E-state index >= 15 is 0 Å². The predicted octanol–water partition coefficient (Wildman–Crippen LogP) is 1.87. The SMILES string of the molecule is CCOc1ccc(C(=O)NCC(=O)N/N=C\c2cccc([N+](=O)[O-])c2)cc1. The summed E-state index contributed by atoms with van der Waals surface area (Å²) in [5.41, 5.74) is 3.02. The summed E-state index contributed by atoms with van der Waals surface area (Å²) in [4.78, 5) is 33.9. The molecule has 2 rings (SSSR count). The molecule has 0 aliphatic carbocycles. The highest BCUT2D eigenvalue weighted by Gasteiger charge is 2.08. The third-order valence-corrected chi connectivity index (χ3v) is 3.32. The van der Waals surface area contributed by atoms with Crippen molar-refractivity contribution < 1.29 is 19.2 Å². The van der Waals surface area contributed by atoms with Gasteiger partial charge in [-0.2, -0.15) is 5.10 Å². The molecule has 0 aliphatic heterocycles. The van der Waals surface area contributed by atoms with E-state index in [1.54, 1.807) is 30.3 Å². The number of hydrogen-bond acceptors (Lipinski definition) is 6. The van der Waals surface area contributed by atoms with Gasteiger partial charge in [-0.15, -0.1) is 0 Å². The van der Waals surface area contributed by atoms with Crippen LogP contribution in [0.5, 0.6) is 5.75 Å². The number of nitro benzene ring substituents is 1. The predicted molar refractivity (Wildman–Crippen MR) is 98.8 cm³/mol. The Morgan fingerprint density at radius 3 is 2.63 bits per heavy atom. The molecule has 0 saturated heterocycles. The van der Waals surface area contributed by atoms with Gasteiger partial charge in [0.2, 0.25) is 0 Å². The highest BCUT2D eigenvalue weighted by molar-refractivity contribution is 5.96. The number of carbonyl (C=O) groups is 2. The van der Waals surface area contributed by atoms with Gasteiger partial charge in [0.1, 0.15) is 5.75 Å². The molecule has 0 radical (unpaired) electrons. The lowest BCUT2D eigenvalue weighted by Gasteiger charge is -2.06. The van der Waals surface area contributed by atoms with Crippen molar-refractivity contribution in [3.63, 3.8) is 0 Å². The molecule has 2 aromatic rings. The number of amides is 2. The maximum Gasteiger partial charge on any atom is 0.270 e. The normalized spacial score (nSPS) is 10.4. The summed E-state index contributed by atoms with van der Waals surface area (Å²) in [6.07, 6.45) is 1.28. The van der Waals surface area contributed by atoms with Gasteiger partial charge in [-0.3, -0.25) is 19.7 Å². The van der Waals surface area contributed by atoms with Crippen LogP contribution >= 0.6 is 0 Å². The van der Waals surface area contributed by atoms with Gasteiger partial charge >= 0.3 is 0 Å². The Labute approximate surface area is 155 Å². The highest BCUT2D eigenvalue weighted by Crippen LogP contribution is 2.12. The number of ether oxygens (including phenoxy) is 1. The Morgan fingerprint density at radius 1 is 1.22 bits per heavy atom. The van der Waals surface area contributed by atoms with Crippen LogP contribution in [-0.4, -0.2) is 36.1 Å². The van der Waals surface area contributed by atoms with Crippen LogP contribution in [0.25, 0.3) is 0 Å². The smallest absolute Gasteiger partial charge is 0.270 e. The second-order valence-corrected chi connectivity index (χ2v) is 5.29. The fourth-order valence-corrected chi connectivity index (χ4v) is 2.07. The van der Waals surface area contributed by atoms with E-state index in [1.165, 1.54) is 24.4 Å². The summed E-state index contributed by atoms with van der Waals surface area (Å²) >= 11 is 0. The number of nitrogens with zero attached hydrogens (tertiary/aromatic N) is 2. The van der Waals surface area contributed by atoms with Crippen molar-refractivity contribution in [2.24, 2.45) is 5.10 Å². The first-order chi connectivity index (χ1) is 13.0. The molecule has 0 atom stereocenters. The van der Waals surface area contributed by atoms with Crippen LogP contribution in [0, 0.1) is 10.1 Å². The molecule has 2 amide bonds. The maximum atomic E-state index is 12.0. The topological polar surface area (TPSA) is 123 Å². The molecule has 0 spiro atoms. The number of nitro groups is 1. The molecule has 0 aromatic heterocycles. The van der Waals surface area contributed by atoms with Crippen LogP contribution in [0.15, 0.2) is 53.6 Å². The van der Waals surface area contributed by atoms with Crippen LogP contribution in [0.4, 0.5) is 5.69 Å². The van der Waals surface area contributed by atoms with Gasteiger partial charge in [-0.05, 0) is 31.2 Å². The molecule has 2 aromatic carbocycles. The van der Waals surface area contributed by atoms with E-state index in [-0.39, 0.29) is 12.2 Å². The second kappa shape index (κ2) is 9.66. The summed E-state index contributed by atoms with van der Waals surface area (Å²) in [5, 5.41) is 16.9. The van der Waals surface area contributed by atoms with Gasteiger partial charge in [-0.25, -0.2) is 5.43 Å². The Bertz CT molecular complexity index is 849. The number of rotatable bonds is 8. The van der Waals surface area contributed by atoms with Crippen molar-refractivity contribution in [1.82, 2.24) is 10.7 Å². The molecule has 9 heteroatoms. The first kappa shape index (κ1) is 19.6. The van der Waals surface area contributed by atoms with Crippen molar-refractivity contribution in [2.75, 3.05) is 13.2 Å².